The van der Waals surface area contributed by atoms with Gasteiger partial charge in [-0.1, -0.05) is 5.16 Å². The Hall–Kier alpha value is -1.98. The van der Waals surface area contributed by atoms with Crippen molar-refractivity contribution in [2.24, 2.45) is 0 Å². The molecule has 0 aliphatic heterocycles. The van der Waals surface area contributed by atoms with E-state index in [0.29, 0.717) is 28.7 Å². The second-order valence-corrected chi connectivity index (χ2v) is 5.59. The van der Waals surface area contributed by atoms with Gasteiger partial charge in [-0.05, 0) is 44.0 Å². The van der Waals surface area contributed by atoms with Crippen LogP contribution in [0, 0.1) is 11.3 Å². The molecule has 1 N–H and O–H groups in total. The van der Waals surface area contributed by atoms with Gasteiger partial charge in [0.25, 0.3) is 5.89 Å². The van der Waals surface area contributed by atoms with Crippen molar-refractivity contribution in [3.63, 3.8) is 0 Å². The van der Waals surface area contributed by atoms with Crippen LogP contribution in [0.4, 0.5) is 0 Å². The van der Waals surface area contributed by atoms with Gasteiger partial charge in [-0.25, -0.2) is 0 Å². The Balaban J connectivity index is 2.00. The topological polar surface area (TPSA) is 91.4 Å². The van der Waals surface area contributed by atoms with Gasteiger partial charge in [-0.2, -0.15) is 10.2 Å². The van der Waals surface area contributed by atoms with Gasteiger partial charge >= 0.3 is 0 Å². The highest BCUT2D eigenvalue weighted by Crippen LogP contribution is 2.28. The molecule has 0 atom stereocenters. The normalized spacial score (nSPS) is 10.4. The van der Waals surface area contributed by atoms with E-state index < -0.39 is 0 Å². The molecular formula is C12H5Br2N5O. The van der Waals surface area contributed by atoms with Gasteiger partial charge in [-0.3, -0.25) is 4.98 Å². The molecule has 0 saturated carbocycles. The van der Waals surface area contributed by atoms with Gasteiger partial charge < -0.3 is 9.51 Å². The second kappa shape index (κ2) is 5.19. The van der Waals surface area contributed by atoms with E-state index in [4.69, 9.17) is 9.78 Å². The summed E-state index contributed by atoms with van der Waals surface area (Å²) >= 11 is 6.73. The van der Waals surface area contributed by atoms with Crippen molar-refractivity contribution in [3.05, 3.63) is 39.2 Å². The maximum absolute atomic E-state index is 8.77. The number of nitriles is 1. The van der Waals surface area contributed by atoms with E-state index in [1.807, 2.05) is 12.1 Å². The molecule has 20 heavy (non-hydrogen) atoms. The van der Waals surface area contributed by atoms with Crippen LogP contribution in [0.3, 0.4) is 0 Å². The first-order valence-electron chi connectivity index (χ1n) is 5.41. The van der Waals surface area contributed by atoms with Crippen molar-refractivity contribution in [1.82, 2.24) is 20.1 Å². The largest absolute Gasteiger partial charge is 0.352 e. The number of H-pyrrole nitrogens is 1. The third-order valence-corrected chi connectivity index (χ3v) is 3.53. The molecule has 0 aromatic carbocycles. The van der Waals surface area contributed by atoms with E-state index in [0.717, 1.165) is 8.95 Å². The van der Waals surface area contributed by atoms with Gasteiger partial charge in [0.15, 0.2) is 0 Å². The Morgan fingerprint density at radius 2 is 2.15 bits per heavy atom. The minimum atomic E-state index is 0.328. The number of aromatic nitrogens is 4. The fraction of sp³-hybridized carbons (Fsp3) is 0. The Kier molecular flexibility index (Phi) is 3.38. The van der Waals surface area contributed by atoms with Crippen LogP contribution in [-0.2, 0) is 0 Å². The highest BCUT2D eigenvalue weighted by molar-refractivity contribution is 9.11. The van der Waals surface area contributed by atoms with Crippen molar-refractivity contribution in [2.45, 2.75) is 0 Å². The minimum absolute atomic E-state index is 0.328. The summed E-state index contributed by atoms with van der Waals surface area (Å²) in [5, 5.41) is 12.7. The number of halogens is 2. The van der Waals surface area contributed by atoms with E-state index in [1.54, 1.807) is 18.5 Å². The highest BCUT2D eigenvalue weighted by atomic mass is 79.9. The summed E-state index contributed by atoms with van der Waals surface area (Å²) < 4.78 is 6.79. The molecule has 6 nitrogen and oxygen atoms in total. The number of hydrogen-bond acceptors (Lipinski definition) is 5. The molecule has 98 valence electrons. The summed E-state index contributed by atoms with van der Waals surface area (Å²) in [7, 11) is 0. The van der Waals surface area contributed by atoms with E-state index in [1.165, 1.54) is 0 Å². The standard InChI is InChI=1S/C12H5Br2N5O/c13-7-2-9(14)10(17-5-7)11-18-12(20-19-11)6-1-8(3-15)16-4-6/h1-2,4-5,16H. The Morgan fingerprint density at radius 3 is 2.85 bits per heavy atom. The summed E-state index contributed by atoms with van der Waals surface area (Å²) in [5.41, 5.74) is 1.68. The van der Waals surface area contributed by atoms with Gasteiger partial charge in [0.1, 0.15) is 17.5 Å². The summed E-state index contributed by atoms with van der Waals surface area (Å²) in [6, 6.07) is 5.49. The average molecular weight is 395 g/mol. The molecule has 0 fully saturated rings. The molecule has 8 heteroatoms. The number of nitrogens with one attached hydrogen (secondary N) is 1. The number of hydrogen-bond donors (Lipinski definition) is 1. The molecule has 0 aliphatic carbocycles. The molecule has 0 aliphatic rings. The summed E-state index contributed by atoms with van der Waals surface area (Å²) in [6.07, 6.45) is 3.29. The predicted molar refractivity (Wildman–Crippen MR) is 77.4 cm³/mol. The molecular weight excluding hydrogens is 390 g/mol. The number of nitrogens with zero attached hydrogens (tertiary/aromatic N) is 4. The molecule has 3 aromatic heterocycles. The molecule has 3 heterocycles. The lowest BCUT2D eigenvalue weighted by Crippen LogP contribution is -1.87. The molecule has 3 rings (SSSR count). The van der Waals surface area contributed by atoms with Crippen LogP contribution in [0.2, 0.25) is 0 Å². The van der Waals surface area contributed by atoms with Crippen LogP contribution in [0.25, 0.3) is 23.0 Å². The zero-order chi connectivity index (χ0) is 14.1. The lowest BCUT2D eigenvalue weighted by molar-refractivity contribution is 0.432. The van der Waals surface area contributed by atoms with Crippen LogP contribution in [0.1, 0.15) is 5.69 Å². The molecule has 0 amide bonds. The van der Waals surface area contributed by atoms with Crippen molar-refractivity contribution >= 4 is 31.9 Å². The van der Waals surface area contributed by atoms with Crippen molar-refractivity contribution in [3.8, 4) is 29.0 Å². The number of rotatable bonds is 2. The zero-order valence-corrected chi connectivity index (χ0v) is 12.9. The monoisotopic (exact) mass is 393 g/mol. The molecule has 0 bridgehead atoms. The zero-order valence-electron chi connectivity index (χ0n) is 9.76. The third-order valence-electron chi connectivity index (χ3n) is 2.50. The first-order valence-corrected chi connectivity index (χ1v) is 7.00. The average Bonchev–Trinajstić information content (AvgIpc) is 3.07. The fourth-order valence-corrected chi connectivity index (χ4v) is 2.76. The number of aromatic amines is 1. The smallest absolute Gasteiger partial charge is 0.259 e. The second-order valence-electron chi connectivity index (χ2n) is 3.82. The summed E-state index contributed by atoms with van der Waals surface area (Å²) in [5.74, 6) is 0.702. The van der Waals surface area contributed by atoms with E-state index in [2.05, 4.69) is 52.0 Å². The Bertz CT molecular complexity index is 817. The molecule has 0 spiro atoms. The third kappa shape index (κ3) is 2.37. The van der Waals surface area contributed by atoms with Crippen molar-refractivity contribution in [2.75, 3.05) is 0 Å². The van der Waals surface area contributed by atoms with Gasteiger partial charge in [-0.15, -0.1) is 0 Å². The van der Waals surface area contributed by atoms with Gasteiger partial charge in [0.2, 0.25) is 5.82 Å². The molecule has 0 unspecified atom stereocenters. The van der Waals surface area contributed by atoms with Crippen LogP contribution in [0.5, 0.6) is 0 Å². The van der Waals surface area contributed by atoms with E-state index in [9.17, 15) is 0 Å². The lowest BCUT2D eigenvalue weighted by Gasteiger charge is -1.97. The predicted octanol–water partition coefficient (Wildman–Crippen LogP) is 3.52. The highest BCUT2D eigenvalue weighted by Gasteiger charge is 2.15. The molecule has 0 saturated heterocycles. The minimum Gasteiger partial charge on any atom is -0.352 e. The van der Waals surface area contributed by atoms with Crippen LogP contribution < -0.4 is 0 Å². The van der Waals surface area contributed by atoms with Crippen LogP contribution >= 0.6 is 31.9 Å². The summed E-state index contributed by atoms with van der Waals surface area (Å²) in [6.45, 7) is 0. The quantitative estimate of drug-likeness (QED) is 0.717. The fourth-order valence-electron chi connectivity index (χ4n) is 1.60. The molecule has 3 aromatic rings. The van der Waals surface area contributed by atoms with Crippen molar-refractivity contribution < 1.29 is 4.52 Å². The first kappa shape index (κ1) is 13.0. The van der Waals surface area contributed by atoms with E-state index in [-0.39, 0.29) is 0 Å². The summed E-state index contributed by atoms with van der Waals surface area (Å²) in [4.78, 5) is 11.3. The van der Waals surface area contributed by atoms with Crippen LogP contribution in [-0.4, -0.2) is 20.1 Å². The SMILES string of the molecule is N#Cc1cc(-c2nc(-c3ncc(Br)cc3Br)no2)c[nH]1. The maximum Gasteiger partial charge on any atom is 0.259 e. The lowest BCUT2D eigenvalue weighted by atomic mass is 10.3. The first-order chi connectivity index (χ1) is 9.67. The van der Waals surface area contributed by atoms with E-state index >= 15 is 0 Å². The van der Waals surface area contributed by atoms with Crippen LogP contribution in [0.15, 0.2) is 38.0 Å². The van der Waals surface area contributed by atoms with Gasteiger partial charge in [0.05, 0.1) is 5.56 Å². The Morgan fingerprint density at radius 1 is 1.30 bits per heavy atom. The number of pyridine rings is 1. The Labute approximate surface area is 130 Å². The molecule has 0 radical (unpaired) electrons. The van der Waals surface area contributed by atoms with Gasteiger partial charge in [0, 0.05) is 21.3 Å². The van der Waals surface area contributed by atoms with Crippen molar-refractivity contribution in [1.29, 1.82) is 5.26 Å². The maximum atomic E-state index is 8.77.